The van der Waals surface area contributed by atoms with Crippen LogP contribution in [-0.2, 0) is 30.8 Å². The van der Waals surface area contributed by atoms with Crippen molar-refractivity contribution in [2.24, 2.45) is 0 Å². The summed E-state index contributed by atoms with van der Waals surface area (Å²) in [6, 6.07) is 7.59. The van der Waals surface area contributed by atoms with Gasteiger partial charge in [0.2, 0.25) is 10.0 Å². The van der Waals surface area contributed by atoms with Gasteiger partial charge in [-0.2, -0.15) is 15.6 Å². The Balaban J connectivity index is 1.63. The van der Waals surface area contributed by atoms with Crippen LogP contribution in [0.4, 0.5) is 0 Å². The number of carbonyl (C=O) groups is 2. The van der Waals surface area contributed by atoms with Gasteiger partial charge in [0.15, 0.2) is 6.61 Å². The van der Waals surface area contributed by atoms with Crippen LogP contribution < -0.4 is 0 Å². The van der Waals surface area contributed by atoms with Gasteiger partial charge in [-0.1, -0.05) is 6.07 Å². The minimum absolute atomic E-state index is 0.00384. The summed E-state index contributed by atoms with van der Waals surface area (Å²) in [5.41, 5.74) is 1.07. The van der Waals surface area contributed by atoms with Crippen molar-refractivity contribution in [2.75, 3.05) is 26.7 Å². The number of esters is 1. The molecular formula is C21H26N2O6S2. The van der Waals surface area contributed by atoms with E-state index in [-0.39, 0.29) is 41.7 Å². The SMILES string of the molecule is CC1CN(S(=O)(=O)c2cccc(C(=O)OCC(=O)N(C)Cc3ccsc3)c2)CC(C)O1. The lowest BCUT2D eigenvalue weighted by atomic mass is 10.2. The first-order chi connectivity index (χ1) is 14.7. The first kappa shape index (κ1) is 23.4. The number of carbonyl (C=O) groups excluding carboxylic acids is 2. The quantitative estimate of drug-likeness (QED) is 0.582. The number of thiophene rings is 1. The number of hydrogen-bond acceptors (Lipinski definition) is 7. The van der Waals surface area contributed by atoms with E-state index in [4.69, 9.17) is 9.47 Å². The molecule has 1 aromatic heterocycles. The van der Waals surface area contributed by atoms with Crippen LogP contribution in [0.25, 0.3) is 0 Å². The largest absolute Gasteiger partial charge is 0.452 e. The molecule has 2 unspecified atom stereocenters. The fraction of sp³-hybridized carbons (Fsp3) is 0.429. The molecule has 0 aliphatic carbocycles. The summed E-state index contributed by atoms with van der Waals surface area (Å²) in [5, 5.41) is 3.87. The fourth-order valence-corrected chi connectivity index (χ4v) is 5.62. The van der Waals surface area contributed by atoms with E-state index in [1.165, 1.54) is 44.8 Å². The number of morpholine rings is 1. The number of ether oxygens (including phenoxy) is 2. The molecule has 3 rings (SSSR count). The minimum atomic E-state index is -3.79. The standard InChI is InChI=1S/C21H26N2O6S2/c1-15-10-23(11-16(2)29-15)31(26,27)19-6-4-5-18(9-19)21(25)28-13-20(24)22(3)12-17-7-8-30-14-17/h4-9,14-16H,10-13H2,1-3H3. The van der Waals surface area contributed by atoms with E-state index in [1.807, 2.05) is 30.7 Å². The van der Waals surface area contributed by atoms with E-state index in [0.717, 1.165) is 5.56 Å². The average molecular weight is 467 g/mol. The number of benzene rings is 1. The molecule has 2 heterocycles. The maximum Gasteiger partial charge on any atom is 0.338 e. The van der Waals surface area contributed by atoms with Gasteiger partial charge >= 0.3 is 5.97 Å². The summed E-state index contributed by atoms with van der Waals surface area (Å²) in [6.07, 6.45) is -0.437. The van der Waals surface area contributed by atoms with Gasteiger partial charge < -0.3 is 14.4 Å². The number of sulfonamides is 1. The van der Waals surface area contributed by atoms with Crippen LogP contribution in [-0.4, -0.2) is 68.5 Å². The molecule has 1 aliphatic rings. The van der Waals surface area contributed by atoms with Crippen molar-refractivity contribution < 1.29 is 27.5 Å². The Bertz CT molecular complexity index is 1010. The predicted octanol–water partition coefficient (Wildman–Crippen LogP) is 2.36. The molecule has 1 aromatic carbocycles. The third-order valence-electron chi connectivity index (χ3n) is 4.85. The normalized spacial score (nSPS) is 19.7. The van der Waals surface area contributed by atoms with E-state index in [0.29, 0.717) is 6.54 Å². The van der Waals surface area contributed by atoms with Crippen molar-refractivity contribution in [3.05, 3.63) is 52.2 Å². The Morgan fingerprint density at radius 3 is 2.58 bits per heavy atom. The Morgan fingerprint density at radius 2 is 1.94 bits per heavy atom. The summed E-state index contributed by atoms with van der Waals surface area (Å²) in [6.45, 7) is 4.12. The summed E-state index contributed by atoms with van der Waals surface area (Å²) in [5.74, 6) is -1.10. The van der Waals surface area contributed by atoms with Crippen molar-refractivity contribution >= 4 is 33.2 Å². The molecule has 168 valence electrons. The maximum absolute atomic E-state index is 13.0. The van der Waals surface area contributed by atoms with Crippen LogP contribution in [0.5, 0.6) is 0 Å². The highest BCUT2D eigenvalue weighted by Crippen LogP contribution is 2.22. The minimum Gasteiger partial charge on any atom is -0.452 e. The highest BCUT2D eigenvalue weighted by molar-refractivity contribution is 7.89. The molecule has 0 bridgehead atoms. The van der Waals surface area contributed by atoms with Crippen molar-refractivity contribution in [2.45, 2.75) is 37.5 Å². The van der Waals surface area contributed by atoms with Crippen LogP contribution in [0, 0.1) is 0 Å². The monoisotopic (exact) mass is 466 g/mol. The number of amides is 1. The van der Waals surface area contributed by atoms with Crippen molar-refractivity contribution in [1.82, 2.24) is 9.21 Å². The molecule has 31 heavy (non-hydrogen) atoms. The molecule has 0 N–H and O–H groups in total. The lowest BCUT2D eigenvalue weighted by Gasteiger charge is -2.34. The number of likely N-dealkylation sites (N-methyl/N-ethyl adjacent to an activating group) is 1. The number of rotatable bonds is 7. The number of hydrogen-bond donors (Lipinski definition) is 0. The van der Waals surface area contributed by atoms with Gasteiger partial charge in [-0.3, -0.25) is 4.79 Å². The van der Waals surface area contributed by atoms with Gasteiger partial charge in [0.05, 0.1) is 22.7 Å². The fourth-order valence-electron chi connectivity index (χ4n) is 3.33. The first-order valence-electron chi connectivity index (χ1n) is 9.84. The molecule has 10 heteroatoms. The zero-order valence-corrected chi connectivity index (χ0v) is 19.3. The zero-order chi connectivity index (χ0) is 22.6. The van der Waals surface area contributed by atoms with Gasteiger partial charge in [-0.05, 0) is 54.4 Å². The van der Waals surface area contributed by atoms with E-state index >= 15 is 0 Å². The maximum atomic E-state index is 13.0. The van der Waals surface area contributed by atoms with Crippen LogP contribution in [0.2, 0.25) is 0 Å². The molecule has 0 spiro atoms. The molecule has 1 aliphatic heterocycles. The molecule has 2 aromatic rings. The van der Waals surface area contributed by atoms with Crippen LogP contribution in [0.1, 0.15) is 29.8 Å². The zero-order valence-electron chi connectivity index (χ0n) is 17.7. The second-order valence-corrected chi connectivity index (χ2v) is 10.3. The van der Waals surface area contributed by atoms with Crippen molar-refractivity contribution in [1.29, 1.82) is 0 Å². The van der Waals surface area contributed by atoms with Crippen LogP contribution >= 0.6 is 11.3 Å². The second kappa shape index (κ2) is 9.90. The van der Waals surface area contributed by atoms with E-state index in [9.17, 15) is 18.0 Å². The van der Waals surface area contributed by atoms with Crippen LogP contribution in [0.15, 0.2) is 46.0 Å². The van der Waals surface area contributed by atoms with Gasteiger partial charge in [0.25, 0.3) is 5.91 Å². The van der Waals surface area contributed by atoms with E-state index < -0.39 is 22.6 Å². The molecule has 8 nitrogen and oxygen atoms in total. The Hall–Kier alpha value is -2.27. The Kier molecular flexibility index (Phi) is 7.47. The van der Waals surface area contributed by atoms with Crippen molar-refractivity contribution in [3.63, 3.8) is 0 Å². The first-order valence-corrected chi connectivity index (χ1v) is 12.2. The summed E-state index contributed by atoms with van der Waals surface area (Å²) in [7, 11) is -2.16. The van der Waals surface area contributed by atoms with Gasteiger partial charge in [0, 0.05) is 26.7 Å². The van der Waals surface area contributed by atoms with Gasteiger partial charge in [0.1, 0.15) is 0 Å². The van der Waals surface area contributed by atoms with E-state index in [2.05, 4.69) is 0 Å². The molecule has 2 atom stereocenters. The Labute approximate surface area is 186 Å². The van der Waals surface area contributed by atoms with Gasteiger partial charge in [-0.25, -0.2) is 13.2 Å². The molecular weight excluding hydrogens is 440 g/mol. The molecule has 0 radical (unpaired) electrons. The topological polar surface area (TPSA) is 93.2 Å². The third-order valence-corrected chi connectivity index (χ3v) is 7.41. The van der Waals surface area contributed by atoms with E-state index in [1.54, 1.807) is 7.05 Å². The highest BCUT2D eigenvalue weighted by atomic mass is 32.2. The Morgan fingerprint density at radius 1 is 1.23 bits per heavy atom. The second-order valence-electron chi connectivity index (χ2n) is 7.56. The molecule has 1 saturated heterocycles. The molecule has 1 fully saturated rings. The smallest absolute Gasteiger partial charge is 0.338 e. The summed E-state index contributed by atoms with van der Waals surface area (Å²) >= 11 is 1.54. The highest BCUT2D eigenvalue weighted by Gasteiger charge is 2.32. The molecule has 1 amide bonds. The summed E-state index contributed by atoms with van der Waals surface area (Å²) in [4.78, 5) is 26.1. The van der Waals surface area contributed by atoms with Crippen LogP contribution in [0.3, 0.4) is 0 Å². The van der Waals surface area contributed by atoms with Crippen molar-refractivity contribution in [3.8, 4) is 0 Å². The lowest BCUT2D eigenvalue weighted by Crippen LogP contribution is -2.48. The van der Waals surface area contributed by atoms with Gasteiger partial charge in [-0.15, -0.1) is 0 Å². The number of nitrogens with zero attached hydrogens (tertiary/aromatic N) is 2. The lowest BCUT2D eigenvalue weighted by molar-refractivity contribution is -0.133. The third kappa shape index (κ3) is 5.91. The molecule has 0 saturated carbocycles. The predicted molar refractivity (Wildman–Crippen MR) is 116 cm³/mol. The summed E-state index contributed by atoms with van der Waals surface area (Å²) < 4.78 is 38.1. The average Bonchev–Trinajstić information content (AvgIpc) is 3.24.